The summed E-state index contributed by atoms with van der Waals surface area (Å²) in [7, 11) is 0. The second kappa shape index (κ2) is 8.79. The Labute approximate surface area is 133 Å². The standard InChI is InChI=1S/C18H28N2O2/c1-14(19)17-9-5-8-15(12-17)10-11-20-18(21)22-13-16-6-3-2-4-7-16/h2-4,6-7,14-15,17H,5,8-13,19H2,1H3,(H,20,21)/t14-,15+,17+/m0/s1. The van der Waals surface area contributed by atoms with Crippen LogP contribution in [0.5, 0.6) is 0 Å². The van der Waals surface area contributed by atoms with Crippen molar-refractivity contribution in [3.05, 3.63) is 35.9 Å². The van der Waals surface area contributed by atoms with Gasteiger partial charge in [-0.1, -0.05) is 43.2 Å². The molecule has 0 unspecified atom stereocenters. The van der Waals surface area contributed by atoms with Gasteiger partial charge in [-0.05, 0) is 43.6 Å². The third-order valence-electron chi connectivity index (χ3n) is 4.60. The van der Waals surface area contributed by atoms with E-state index in [0.29, 0.717) is 25.0 Å². The molecule has 4 heteroatoms. The summed E-state index contributed by atoms with van der Waals surface area (Å²) in [5, 5.41) is 2.85. The molecule has 1 aliphatic carbocycles. The largest absolute Gasteiger partial charge is 0.445 e. The normalized spacial score (nSPS) is 22.8. The van der Waals surface area contributed by atoms with Crippen LogP contribution in [0.2, 0.25) is 0 Å². The molecule has 122 valence electrons. The molecule has 1 aromatic rings. The third kappa shape index (κ3) is 5.68. The average Bonchev–Trinajstić information content (AvgIpc) is 2.54. The summed E-state index contributed by atoms with van der Waals surface area (Å²) < 4.78 is 5.21. The molecular formula is C18H28N2O2. The second-order valence-electron chi connectivity index (χ2n) is 6.43. The van der Waals surface area contributed by atoms with Crippen LogP contribution >= 0.6 is 0 Å². The molecule has 0 aromatic heterocycles. The van der Waals surface area contributed by atoms with E-state index in [2.05, 4.69) is 12.2 Å². The molecule has 1 aromatic carbocycles. The van der Waals surface area contributed by atoms with Gasteiger partial charge in [0.05, 0.1) is 0 Å². The van der Waals surface area contributed by atoms with Gasteiger partial charge in [0.1, 0.15) is 6.61 Å². The van der Waals surface area contributed by atoms with Crippen LogP contribution < -0.4 is 11.1 Å². The number of benzene rings is 1. The highest BCUT2D eigenvalue weighted by Gasteiger charge is 2.24. The fourth-order valence-corrected chi connectivity index (χ4v) is 3.22. The summed E-state index contributed by atoms with van der Waals surface area (Å²) in [5.41, 5.74) is 7.02. The van der Waals surface area contributed by atoms with Gasteiger partial charge in [-0.3, -0.25) is 0 Å². The van der Waals surface area contributed by atoms with Crippen LogP contribution in [0.4, 0.5) is 4.79 Å². The van der Waals surface area contributed by atoms with Crippen molar-refractivity contribution in [3.63, 3.8) is 0 Å². The Bertz CT molecular complexity index is 448. The van der Waals surface area contributed by atoms with Crippen LogP contribution in [-0.4, -0.2) is 18.7 Å². The number of ether oxygens (including phenoxy) is 1. The monoisotopic (exact) mass is 304 g/mol. The predicted octanol–water partition coefficient (Wildman–Crippen LogP) is 3.46. The molecule has 0 aliphatic heterocycles. The van der Waals surface area contributed by atoms with Gasteiger partial charge in [0.25, 0.3) is 0 Å². The molecular weight excluding hydrogens is 276 g/mol. The van der Waals surface area contributed by atoms with Crippen LogP contribution in [-0.2, 0) is 11.3 Å². The number of hydrogen-bond donors (Lipinski definition) is 2. The fraction of sp³-hybridized carbons (Fsp3) is 0.611. The van der Waals surface area contributed by atoms with E-state index in [1.165, 1.54) is 25.7 Å². The zero-order valence-electron chi connectivity index (χ0n) is 13.5. The van der Waals surface area contributed by atoms with Gasteiger partial charge in [-0.2, -0.15) is 0 Å². The van der Waals surface area contributed by atoms with Crippen LogP contribution in [0.15, 0.2) is 30.3 Å². The van der Waals surface area contributed by atoms with Gasteiger partial charge in [0, 0.05) is 12.6 Å². The molecule has 0 radical (unpaired) electrons. The smallest absolute Gasteiger partial charge is 0.407 e. The van der Waals surface area contributed by atoms with Gasteiger partial charge in [0.15, 0.2) is 0 Å². The minimum atomic E-state index is -0.330. The molecule has 1 amide bonds. The average molecular weight is 304 g/mol. The minimum Gasteiger partial charge on any atom is -0.445 e. The van der Waals surface area contributed by atoms with Crippen molar-refractivity contribution in [3.8, 4) is 0 Å². The zero-order valence-corrected chi connectivity index (χ0v) is 13.5. The highest BCUT2D eigenvalue weighted by atomic mass is 16.5. The van der Waals surface area contributed by atoms with Gasteiger partial charge < -0.3 is 15.8 Å². The Morgan fingerprint density at radius 2 is 2.14 bits per heavy atom. The lowest BCUT2D eigenvalue weighted by atomic mass is 9.77. The summed E-state index contributed by atoms with van der Waals surface area (Å²) >= 11 is 0. The molecule has 22 heavy (non-hydrogen) atoms. The van der Waals surface area contributed by atoms with E-state index in [4.69, 9.17) is 10.5 Å². The summed E-state index contributed by atoms with van der Waals surface area (Å²) in [4.78, 5) is 11.7. The molecule has 4 nitrogen and oxygen atoms in total. The molecule has 2 rings (SSSR count). The number of nitrogens with two attached hydrogens (primary N) is 1. The number of nitrogens with one attached hydrogen (secondary N) is 1. The van der Waals surface area contributed by atoms with E-state index in [1.807, 2.05) is 30.3 Å². The topological polar surface area (TPSA) is 64.3 Å². The summed E-state index contributed by atoms with van der Waals surface area (Å²) in [6.07, 6.45) is 5.64. The fourth-order valence-electron chi connectivity index (χ4n) is 3.22. The van der Waals surface area contributed by atoms with Crippen LogP contribution in [0.1, 0.15) is 44.6 Å². The second-order valence-corrected chi connectivity index (χ2v) is 6.43. The molecule has 1 saturated carbocycles. The maximum Gasteiger partial charge on any atom is 0.407 e. The van der Waals surface area contributed by atoms with Crippen molar-refractivity contribution >= 4 is 6.09 Å². The van der Waals surface area contributed by atoms with Crippen molar-refractivity contribution < 1.29 is 9.53 Å². The Kier molecular flexibility index (Phi) is 6.72. The highest BCUT2D eigenvalue weighted by Crippen LogP contribution is 2.32. The number of alkyl carbamates (subject to hydrolysis) is 1. The number of carbonyl (C=O) groups excluding carboxylic acids is 1. The Hall–Kier alpha value is -1.55. The lowest BCUT2D eigenvalue weighted by Crippen LogP contribution is -2.32. The lowest BCUT2D eigenvalue weighted by molar-refractivity contribution is 0.138. The molecule has 1 fully saturated rings. The number of amides is 1. The Morgan fingerprint density at radius 3 is 2.86 bits per heavy atom. The SMILES string of the molecule is C[C@H](N)[C@@H]1CCC[C@H](CCNC(=O)OCc2ccccc2)C1. The number of rotatable bonds is 6. The zero-order chi connectivity index (χ0) is 15.8. The van der Waals surface area contributed by atoms with Crippen molar-refractivity contribution in [2.75, 3.05) is 6.54 Å². The van der Waals surface area contributed by atoms with E-state index >= 15 is 0 Å². The van der Waals surface area contributed by atoms with Gasteiger partial charge in [-0.15, -0.1) is 0 Å². The molecule has 1 aliphatic rings. The number of hydrogen-bond acceptors (Lipinski definition) is 3. The summed E-state index contributed by atoms with van der Waals surface area (Å²) in [5.74, 6) is 1.32. The minimum absolute atomic E-state index is 0.284. The first-order valence-corrected chi connectivity index (χ1v) is 8.35. The lowest BCUT2D eigenvalue weighted by Gasteiger charge is -2.31. The first-order chi connectivity index (χ1) is 10.6. The molecule has 3 atom stereocenters. The van der Waals surface area contributed by atoms with E-state index in [9.17, 15) is 4.79 Å². The maximum absolute atomic E-state index is 11.7. The van der Waals surface area contributed by atoms with Crippen molar-refractivity contribution in [2.24, 2.45) is 17.6 Å². The van der Waals surface area contributed by atoms with E-state index in [0.717, 1.165) is 12.0 Å². The van der Waals surface area contributed by atoms with Crippen molar-refractivity contribution in [2.45, 2.75) is 51.7 Å². The van der Waals surface area contributed by atoms with Crippen LogP contribution in [0.3, 0.4) is 0 Å². The summed E-state index contributed by atoms with van der Waals surface area (Å²) in [6, 6.07) is 10.0. The third-order valence-corrected chi connectivity index (χ3v) is 4.60. The molecule has 0 saturated heterocycles. The van der Waals surface area contributed by atoms with Crippen molar-refractivity contribution in [1.82, 2.24) is 5.32 Å². The first-order valence-electron chi connectivity index (χ1n) is 8.35. The van der Waals surface area contributed by atoms with E-state index < -0.39 is 0 Å². The van der Waals surface area contributed by atoms with Crippen LogP contribution in [0.25, 0.3) is 0 Å². The molecule has 0 heterocycles. The Morgan fingerprint density at radius 1 is 1.36 bits per heavy atom. The first kappa shape index (κ1) is 16.8. The van der Waals surface area contributed by atoms with Crippen molar-refractivity contribution in [1.29, 1.82) is 0 Å². The van der Waals surface area contributed by atoms with Crippen LogP contribution in [0, 0.1) is 11.8 Å². The van der Waals surface area contributed by atoms with Gasteiger partial charge >= 0.3 is 6.09 Å². The molecule has 0 spiro atoms. The molecule has 3 N–H and O–H groups in total. The molecule has 0 bridgehead atoms. The number of carbonyl (C=O) groups is 1. The summed E-state index contributed by atoms with van der Waals surface area (Å²) in [6.45, 7) is 3.11. The predicted molar refractivity (Wildman–Crippen MR) is 88.3 cm³/mol. The van der Waals surface area contributed by atoms with Gasteiger partial charge in [-0.25, -0.2) is 4.79 Å². The highest BCUT2D eigenvalue weighted by molar-refractivity contribution is 5.67. The quantitative estimate of drug-likeness (QED) is 0.846. The van der Waals surface area contributed by atoms with E-state index in [-0.39, 0.29) is 12.1 Å². The van der Waals surface area contributed by atoms with Gasteiger partial charge in [0.2, 0.25) is 0 Å². The Balaban J connectivity index is 1.60. The maximum atomic E-state index is 11.7. The van der Waals surface area contributed by atoms with E-state index in [1.54, 1.807) is 0 Å².